The second-order valence-electron chi connectivity index (χ2n) is 23.1. The van der Waals surface area contributed by atoms with Crippen LogP contribution in [0.3, 0.4) is 0 Å². The number of aromatic nitrogens is 4. The van der Waals surface area contributed by atoms with Gasteiger partial charge in [0.15, 0.2) is 11.6 Å². The number of H-pyrrole nitrogens is 1. The van der Waals surface area contributed by atoms with Crippen molar-refractivity contribution in [1.29, 1.82) is 0 Å². The van der Waals surface area contributed by atoms with Crippen LogP contribution in [0.25, 0.3) is 11.4 Å². The van der Waals surface area contributed by atoms with E-state index in [0.29, 0.717) is 128 Å². The molecule has 0 radical (unpaired) electrons. The summed E-state index contributed by atoms with van der Waals surface area (Å²) in [4.78, 5) is 104. The van der Waals surface area contributed by atoms with E-state index in [1.54, 1.807) is 33.2 Å². The lowest BCUT2D eigenvalue weighted by Gasteiger charge is -2.41. The Morgan fingerprint density at radius 1 is 0.747 bits per heavy atom. The third-order valence-electron chi connectivity index (χ3n) is 15.8. The molecule has 3 saturated heterocycles. The van der Waals surface area contributed by atoms with E-state index in [1.807, 2.05) is 82.3 Å². The third-order valence-corrected chi connectivity index (χ3v) is 15.8. The first kappa shape index (κ1) is 63.2. The number of rotatable bonds is 27. The summed E-state index contributed by atoms with van der Waals surface area (Å²) in [5.41, 5.74) is 1.66. The molecular formula is C63H78FN11O12. The van der Waals surface area contributed by atoms with Gasteiger partial charge in [-0.05, 0) is 133 Å². The molecular weight excluding hydrogens is 1120 g/mol. The van der Waals surface area contributed by atoms with Crippen molar-refractivity contribution in [3.63, 3.8) is 0 Å². The Balaban J connectivity index is 0.590. The smallest absolute Gasteiger partial charge is 0.410 e. The van der Waals surface area contributed by atoms with Gasteiger partial charge in [-0.15, -0.1) is 10.2 Å². The predicted octanol–water partition coefficient (Wildman–Crippen LogP) is 7.35. The molecule has 9 rings (SSSR count). The van der Waals surface area contributed by atoms with Crippen molar-refractivity contribution in [3.8, 4) is 17.1 Å². The summed E-state index contributed by atoms with van der Waals surface area (Å²) in [5, 5.41) is 18.0. The summed E-state index contributed by atoms with van der Waals surface area (Å²) in [5.74, 6) is -1.65. The normalized spacial score (nSPS) is 17.2. The van der Waals surface area contributed by atoms with Crippen LogP contribution in [0.2, 0.25) is 0 Å². The molecule has 5 aromatic rings. The van der Waals surface area contributed by atoms with Gasteiger partial charge in [0.25, 0.3) is 17.7 Å². The zero-order chi connectivity index (χ0) is 61.5. The van der Waals surface area contributed by atoms with Crippen LogP contribution in [0, 0.1) is 5.82 Å². The predicted molar refractivity (Wildman–Crippen MR) is 318 cm³/mol. The number of carbonyl (C=O) groups excluding carboxylic acids is 7. The standard InChI is InChI=1S/C63H78FN11O12/c1-42(66-56(78)45-11-9-12-46(39-45)69-63(22-26-74(27-23-63)61(82)87-62(2,3)4)60-68-55(70-71-60)44-20-24-65-25-21-44)43-14-16-47(17-15-43)86-34-8-6-5-7-32-83-35-37-85-38-36-84-33-10-13-54(77)73-30-28-72(29-31-73)52-41-49-48(40-50(52)64)58(80)75(59(49)81)51-18-19-53(76)67-57(51)79/h9,11-12,14-17,20-21,24-25,39-42,51,69H,5-8,10,13,18-19,22-23,26-38H2,1-4H3,(H,66,78)(H,67,76,79)(H,68,70,71)/t42-,51?/m1/s1. The van der Waals surface area contributed by atoms with Crippen molar-refractivity contribution >= 4 is 52.9 Å². The molecule has 0 spiro atoms. The monoisotopic (exact) mass is 1200 g/mol. The average molecular weight is 1200 g/mol. The number of piperazine rings is 1. The maximum atomic E-state index is 15.4. The van der Waals surface area contributed by atoms with Crippen LogP contribution in [0.1, 0.15) is 140 Å². The van der Waals surface area contributed by atoms with E-state index in [2.05, 4.69) is 36.1 Å². The zero-order valence-corrected chi connectivity index (χ0v) is 49.9. The van der Waals surface area contributed by atoms with Gasteiger partial charge in [0.1, 0.15) is 28.7 Å². The molecule has 3 fully saturated rings. The van der Waals surface area contributed by atoms with Gasteiger partial charge in [0.05, 0.1) is 55.9 Å². The summed E-state index contributed by atoms with van der Waals surface area (Å²) in [6, 6.07) is 19.8. The first-order valence-electron chi connectivity index (χ1n) is 30.0. The number of imide groups is 2. The van der Waals surface area contributed by atoms with Crippen molar-refractivity contribution in [3.05, 3.63) is 119 Å². The van der Waals surface area contributed by atoms with Crippen molar-refractivity contribution < 1.29 is 61.6 Å². The van der Waals surface area contributed by atoms with Crippen LogP contribution in [0.4, 0.5) is 20.6 Å². The number of anilines is 2. The molecule has 0 saturated carbocycles. The van der Waals surface area contributed by atoms with Gasteiger partial charge in [0.2, 0.25) is 17.7 Å². The number of amides is 7. The highest BCUT2D eigenvalue weighted by Crippen LogP contribution is 2.37. The number of fused-ring (bicyclic) bond motifs is 1. The molecule has 24 heteroatoms. The molecule has 6 heterocycles. The lowest BCUT2D eigenvalue weighted by Crippen LogP contribution is -2.54. The van der Waals surface area contributed by atoms with Crippen LogP contribution in [-0.4, -0.2) is 174 Å². The Labute approximate surface area is 505 Å². The average Bonchev–Trinajstić information content (AvgIpc) is 2.04. The molecule has 4 N–H and O–H groups in total. The number of carbonyl (C=O) groups is 7. The topological polar surface area (TPSA) is 269 Å². The number of pyridine rings is 1. The van der Waals surface area contributed by atoms with E-state index < -0.39 is 46.6 Å². The second-order valence-corrected chi connectivity index (χ2v) is 23.1. The summed E-state index contributed by atoms with van der Waals surface area (Å²) in [6.07, 6.45) is 8.72. The van der Waals surface area contributed by atoms with Gasteiger partial charge in [-0.25, -0.2) is 9.18 Å². The number of piperidine rings is 2. The van der Waals surface area contributed by atoms with Gasteiger partial charge in [-0.3, -0.25) is 44.0 Å². The van der Waals surface area contributed by atoms with Crippen molar-refractivity contribution in [2.45, 2.75) is 115 Å². The molecule has 4 aliphatic rings. The number of hydrogen-bond acceptors (Lipinski definition) is 17. The number of unbranched alkanes of at least 4 members (excludes halogenated alkanes) is 3. The van der Waals surface area contributed by atoms with Crippen molar-refractivity contribution in [1.82, 2.24) is 45.5 Å². The fraction of sp³-hybridized carbons (Fsp3) is 0.492. The minimum atomic E-state index is -1.14. The molecule has 1 unspecified atom stereocenters. The van der Waals surface area contributed by atoms with Gasteiger partial charge >= 0.3 is 6.09 Å². The largest absolute Gasteiger partial charge is 0.494 e. The molecule has 2 aromatic heterocycles. The number of benzene rings is 3. The van der Waals surface area contributed by atoms with Crippen LogP contribution in [0.5, 0.6) is 5.75 Å². The number of aromatic amines is 1. The van der Waals surface area contributed by atoms with E-state index in [-0.39, 0.29) is 53.6 Å². The minimum Gasteiger partial charge on any atom is -0.494 e. The highest BCUT2D eigenvalue weighted by Gasteiger charge is 2.46. The molecule has 464 valence electrons. The Kier molecular flexibility index (Phi) is 21.3. The maximum Gasteiger partial charge on any atom is 0.410 e. The molecule has 3 aromatic carbocycles. The first-order chi connectivity index (χ1) is 41.9. The van der Waals surface area contributed by atoms with Crippen LogP contribution < -0.4 is 25.6 Å². The summed E-state index contributed by atoms with van der Waals surface area (Å²) >= 11 is 0. The van der Waals surface area contributed by atoms with E-state index >= 15 is 4.39 Å². The molecule has 0 aliphatic carbocycles. The Morgan fingerprint density at radius 3 is 2.08 bits per heavy atom. The quantitative estimate of drug-likeness (QED) is 0.0295. The second kappa shape index (κ2) is 29.4. The Hall–Kier alpha value is -8.35. The Bertz CT molecular complexity index is 3210. The van der Waals surface area contributed by atoms with Crippen LogP contribution in [0.15, 0.2) is 85.2 Å². The van der Waals surface area contributed by atoms with Crippen LogP contribution >= 0.6 is 0 Å². The summed E-state index contributed by atoms with van der Waals surface area (Å²) in [6.45, 7) is 13.1. The summed E-state index contributed by atoms with van der Waals surface area (Å²) < 4.78 is 44.1. The third kappa shape index (κ3) is 16.6. The first-order valence-corrected chi connectivity index (χ1v) is 30.0. The molecule has 23 nitrogen and oxygen atoms in total. The molecule has 7 amide bonds. The zero-order valence-electron chi connectivity index (χ0n) is 49.9. The fourth-order valence-electron chi connectivity index (χ4n) is 11.0. The lowest BCUT2D eigenvalue weighted by molar-refractivity contribution is -0.136. The van der Waals surface area contributed by atoms with E-state index in [0.717, 1.165) is 59.2 Å². The fourth-order valence-corrected chi connectivity index (χ4v) is 11.0. The van der Waals surface area contributed by atoms with Crippen LogP contribution in [-0.2, 0) is 38.9 Å². The molecule has 0 bridgehead atoms. The van der Waals surface area contributed by atoms with Crippen molar-refractivity contribution in [2.24, 2.45) is 0 Å². The Morgan fingerprint density at radius 2 is 1.40 bits per heavy atom. The summed E-state index contributed by atoms with van der Waals surface area (Å²) in [7, 11) is 0. The number of nitrogens with zero attached hydrogens (tertiary/aromatic N) is 7. The van der Waals surface area contributed by atoms with Gasteiger partial charge in [-0.1, -0.05) is 24.6 Å². The number of hydrogen-bond donors (Lipinski definition) is 4. The van der Waals surface area contributed by atoms with E-state index in [4.69, 9.17) is 23.7 Å². The van der Waals surface area contributed by atoms with Gasteiger partial charge < -0.3 is 54.0 Å². The highest BCUT2D eigenvalue weighted by molar-refractivity contribution is 6.23. The van der Waals surface area contributed by atoms with E-state index in [9.17, 15) is 33.6 Å². The highest BCUT2D eigenvalue weighted by atomic mass is 19.1. The number of nitrogens with one attached hydrogen (secondary N) is 4. The SMILES string of the molecule is C[C@@H](NC(=O)c1cccc(NC2(c3nnc(-c4ccncc4)[nH]3)CCN(C(=O)OC(C)(C)C)CC2)c1)c1ccc(OCCCCCCOCCOCCOCCCC(=O)N2CCN(c3cc4c(cc3F)C(=O)N(C3CCC(=O)NC3=O)C4=O)CC2)cc1. The lowest BCUT2D eigenvalue weighted by atomic mass is 9.86. The number of ether oxygens (including phenoxy) is 5. The molecule has 2 atom stereocenters. The van der Waals surface area contributed by atoms with Gasteiger partial charge in [0, 0.05) is 94.5 Å². The number of halogens is 1. The molecule has 4 aliphatic heterocycles. The van der Waals surface area contributed by atoms with Crippen molar-refractivity contribution in [2.75, 3.05) is 95.7 Å². The number of likely N-dealkylation sites (tertiary alicyclic amines) is 1. The van der Waals surface area contributed by atoms with Gasteiger partial charge in [-0.2, -0.15) is 0 Å². The van der Waals surface area contributed by atoms with E-state index in [1.165, 1.54) is 6.07 Å². The maximum absolute atomic E-state index is 15.4. The molecule has 87 heavy (non-hydrogen) atoms. The minimum absolute atomic E-state index is 0.000765.